The second-order valence-corrected chi connectivity index (χ2v) is 5.96. The number of anilines is 1. The van der Waals surface area contributed by atoms with Crippen LogP contribution < -0.4 is 14.8 Å². The Morgan fingerprint density at radius 2 is 1.96 bits per heavy atom. The monoisotopic (exact) mass is 385 g/mol. The molecule has 0 bridgehead atoms. The number of hydrogen-bond donors (Lipinski definition) is 1. The number of alkyl halides is 2. The van der Waals surface area contributed by atoms with Crippen molar-refractivity contribution in [1.82, 2.24) is 0 Å². The number of benzene rings is 2. The van der Waals surface area contributed by atoms with Gasteiger partial charge in [-0.15, -0.1) is 0 Å². The molecule has 1 aliphatic heterocycles. The van der Waals surface area contributed by atoms with Crippen LogP contribution in [-0.2, 0) is 4.79 Å². The van der Waals surface area contributed by atoms with E-state index in [0.717, 1.165) is 0 Å². The lowest BCUT2D eigenvalue weighted by molar-refractivity contribution is -0.110. The number of methoxy groups -OCH3 is 1. The number of amides is 1. The summed E-state index contributed by atoms with van der Waals surface area (Å²) in [4.78, 5) is 12.2. The fourth-order valence-electron chi connectivity index (χ4n) is 2.50. The van der Waals surface area contributed by atoms with Crippen molar-refractivity contribution >= 4 is 46.4 Å². The van der Waals surface area contributed by atoms with Crippen molar-refractivity contribution in [1.29, 1.82) is 0 Å². The van der Waals surface area contributed by atoms with Crippen molar-refractivity contribution in [2.75, 3.05) is 12.4 Å². The average molecular weight is 386 g/mol. The van der Waals surface area contributed by atoms with Crippen LogP contribution in [0.3, 0.4) is 0 Å². The van der Waals surface area contributed by atoms with Crippen molar-refractivity contribution in [3.63, 3.8) is 0 Å². The molecular formula is C17H11Cl2F2NO3. The summed E-state index contributed by atoms with van der Waals surface area (Å²) in [6.45, 7) is -3.03. The van der Waals surface area contributed by atoms with Crippen LogP contribution in [0.1, 0.15) is 11.1 Å². The molecule has 25 heavy (non-hydrogen) atoms. The summed E-state index contributed by atoms with van der Waals surface area (Å²) in [5.41, 5.74) is 2.17. The van der Waals surface area contributed by atoms with Gasteiger partial charge in [0.25, 0.3) is 5.91 Å². The molecule has 2 aromatic rings. The van der Waals surface area contributed by atoms with Crippen LogP contribution >= 0.6 is 23.2 Å². The van der Waals surface area contributed by atoms with E-state index in [1.807, 2.05) is 0 Å². The normalized spacial score (nSPS) is 14.6. The maximum Gasteiger partial charge on any atom is 0.387 e. The summed E-state index contributed by atoms with van der Waals surface area (Å²) in [7, 11) is 1.31. The predicted molar refractivity (Wildman–Crippen MR) is 92.6 cm³/mol. The molecule has 0 aliphatic carbocycles. The number of hydrogen-bond acceptors (Lipinski definition) is 3. The van der Waals surface area contributed by atoms with Crippen molar-refractivity contribution in [3.8, 4) is 11.5 Å². The number of fused-ring (bicyclic) bond motifs is 1. The fraction of sp³-hybridized carbons (Fsp3) is 0.118. The van der Waals surface area contributed by atoms with Gasteiger partial charge in [0.2, 0.25) is 0 Å². The summed E-state index contributed by atoms with van der Waals surface area (Å²) < 4.78 is 34.4. The fourth-order valence-corrected chi connectivity index (χ4v) is 2.94. The van der Waals surface area contributed by atoms with Gasteiger partial charge in [0.05, 0.1) is 17.8 Å². The van der Waals surface area contributed by atoms with E-state index in [1.165, 1.54) is 19.2 Å². The highest BCUT2D eigenvalue weighted by molar-refractivity contribution is 6.37. The minimum absolute atomic E-state index is 0.0365. The Morgan fingerprint density at radius 3 is 2.64 bits per heavy atom. The highest BCUT2D eigenvalue weighted by Crippen LogP contribution is 2.40. The Kier molecular flexibility index (Phi) is 4.83. The standard InChI is InChI=1S/C17H11Cl2F2NO3/c1-24-14-6-8(5-12(19)15(14)25-17(20)21)4-11-10-3-2-9(18)7-13(10)22-16(11)23/h2-7,17H,1H3,(H,22,23)/b11-4+. The first-order valence-corrected chi connectivity index (χ1v) is 7.80. The summed E-state index contributed by atoms with van der Waals surface area (Å²) >= 11 is 11.9. The molecular weight excluding hydrogens is 375 g/mol. The molecule has 1 amide bonds. The van der Waals surface area contributed by atoms with Gasteiger partial charge in [0.15, 0.2) is 11.5 Å². The van der Waals surface area contributed by atoms with Crippen LogP contribution in [0.25, 0.3) is 11.6 Å². The SMILES string of the molecule is COc1cc(/C=C2/C(=O)Nc3cc(Cl)ccc32)cc(Cl)c1OC(F)F. The van der Waals surface area contributed by atoms with Gasteiger partial charge in [0, 0.05) is 16.2 Å². The van der Waals surface area contributed by atoms with Gasteiger partial charge in [-0.2, -0.15) is 8.78 Å². The zero-order valence-electron chi connectivity index (χ0n) is 12.8. The molecule has 0 spiro atoms. The van der Waals surface area contributed by atoms with Crippen molar-refractivity contribution in [2.45, 2.75) is 6.61 Å². The van der Waals surface area contributed by atoms with Crippen molar-refractivity contribution in [2.24, 2.45) is 0 Å². The van der Waals surface area contributed by atoms with Gasteiger partial charge in [-0.1, -0.05) is 29.3 Å². The van der Waals surface area contributed by atoms with Crippen LogP contribution in [0.15, 0.2) is 30.3 Å². The number of rotatable bonds is 4. The molecule has 0 saturated heterocycles. The molecule has 1 N–H and O–H groups in total. The van der Waals surface area contributed by atoms with Gasteiger partial charge in [-0.25, -0.2) is 0 Å². The van der Waals surface area contributed by atoms with Crippen LogP contribution in [0.4, 0.5) is 14.5 Å². The van der Waals surface area contributed by atoms with Gasteiger partial charge in [-0.05, 0) is 35.9 Å². The van der Waals surface area contributed by atoms with E-state index in [0.29, 0.717) is 27.4 Å². The third kappa shape index (κ3) is 3.55. The van der Waals surface area contributed by atoms with Crippen molar-refractivity contribution in [3.05, 3.63) is 51.5 Å². The van der Waals surface area contributed by atoms with Crippen LogP contribution in [-0.4, -0.2) is 19.6 Å². The molecule has 0 atom stereocenters. The molecule has 4 nitrogen and oxygen atoms in total. The highest BCUT2D eigenvalue weighted by Gasteiger charge is 2.24. The first-order chi connectivity index (χ1) is 11.9. The summed E-state index contributed by atoms with van der Waals surface area (Å²) in [6.07, 6.45) is 1.58. The van der Waals surface area contributed by atoms with Crippen LogP contribution in [0.2, 0.25) is 10.0 Å². The molecule has 1 heterocycles. The lowest BCUT2D eigenvalue weighted by Gasteiger charge is -2.12. The predicted octanol–water partition coefficient (Wildman–Crippen LogP) is 5.10. The molecule has 0 saturated carbocycles. The Balaban J connectivity index is 2.05. The molecule has 0 fully saturated rings. The number of halogens is 4. The highest BCUT2D eigenvalue weighted by atomic mass is 35.5. The zero-order valence-corrected chi connectivity index (χ0v) is 14.3. The van der Waals surface area contributed by atoms with Gasteiger partial charge in [0.1, 0.15) is 0 Å². The molecule has 1 aliphatic rings. The average Bonchev–Trinajstić information content (AvgIpc) is 2.84. The molecule has 0 unspecified atom stereocenters. The van der Waals surface area contributed by atoms with Gasteiger partial charge >= 0.3 is 6.61 Å². The molecule has 2 aromatic carbocycles. The molecule has 3 rings (SSSR count). The number of nitrogens with one attached hydrogen (secondary N) is 1. The van der Waals surface area contributed by atoms with E-state index in [4.69, 9.17) is 27.9 Å². The van der Waals surface area contributed by atoms with E-state index < -0.39 is 6.61 Å². The van der Waals surface area contributed by atoms with E-state index in [1.54, 1.807) is 24.3 Å². The summed E-state index contributed by atoms with van der Waals surface area (Å²) in [5.74, 6) is -0.529. The number of carbonyl (C=O) groups excluding carboxylic acids is 1. The number of ether oxygens (including phenoxy) is 2. The second-order valence-electron chi connectivity index (χ2n) is 5.11. The quantitative estimate of drug-likeness (QED) is 0.745. The van der Waals surface area contributed by atoms with E-state index in [2.05, 4.69) is 10.1 Å². The number of carbonyl (C=O) groups is 1. The lowest BCUT2D eigenvalue weighted by Crippen LogP contribution is -2.05. The molecule has 130 valence electrons. The Hall–Kier alpha value is -2.31. The van der Waals surface area contributed by atoms with Crippen LogP contribution in [0.5, 0.6) is 11.5 Å². The maximum absolute atomic E-state index is 12.5. The molecule has 8 heteroatoms. The van der Waals surface area contributed by atoms with Crippen LogP contribution in [0, 0.1) is 0 Å². The zero-order chi connectivity index (χ0) is 18.1. The lowest BCUT2D eigenvalue weighted by atomic mass is 10.0. The second kappa shape index (κ2) is 6.90. The Bertz CT molecular complexity index is 884. The van der Waals surface area contributed by atoms with E-state index in [-0.39, 0.29) is 22.4 Å². The minimum atomic E-state index is -3.03. The van der Waals surface area contributed by atoms with E-state index >= 15 is 0 Å². The third-order valence-electron chi connectivity index (χ3n) is 3.53. The van der Waals surface area contributed by atoms with Crippen molar-refractivity contribution < 1.29 is 23.0 Å². The van der Waals surface area contributed by atoms with Gasteiger partial charge in [-0.3, -0.25) is 4.79 Å². The first kappa shape index (κ1) is 17.5. The summed E-state index contributed by atoms with van der Waals surface area (Å²) in [5, 5.41) is 3.15. The Morgan fingerprint density at radius 1 is 1.20 bits per heavy atom. The van der Waals surface area contributed by atoms with Gasteiger partial charge < -0.3 is 14.8 Å². The maximum atomic E-state index is 12.5. The smallest absolute Gasteiger partial charge is 0.387 e. The summed E-state index contributed by atoms with van der Waals surface area (Å²) in [6, 6.07) is 7.90. The Labute approximate surface area is 151 Å². The largest absolute Gasteiger partial charge is 0.493 e. The molecule has 0 radical (unpaired) electrons. The topological polar surface area (TPSA) is 47.6 Å². The third-order valence-corrected chi connectivity index (χ3v) is 4.05. The minimum Gasteiger partial charge on any atom is -0.493 e. The molecule has 0 aromatic heterocycles. The first-order valence-electron chi connectivity index (χ1n) is 7.04. The van der Waals surface area contributed by atoms with E-state index in [9.17, 15) is 13.6 Å².